The maximum absolute atomic E-state index is 13.3. The van der Waals surface area contributed by atoms with E-state index in [9.17, 15) is 22.7 Å². The van der Waals surface area contributed by atoms with Gasteiger partial charge in [0.15, 0.2) is 0 Å². The number of ether oxygens (including phenoxy) is 1. The lowest BCUT2D eigenvalue weighted by atomic mass is 9.92. The summed E-state index contributed by atoms with van der Waals surface area (Å²) in [6, 6.07) is 16.2. The minimum atomic E-state index is -3.65. The average Bonchev–Trinajstić information content (AvgIpc) is 3.75. The van der Waals surface area contributed by atoms with Gasteiger partial charge >= 0.3 is 0 Å². The van der Waals surface area contributed by atoms with E-state index >= 15 is 0 Å². The molecule has 0 aliphatic heterocycles. The molecule has 1 aromatic heterocycles. The van der Waals surface area contributed by atoms with E-state index < -0.39 is 16.1 Å². The monoisotopic (exact) mass is 592 g/mol. The predicted octanol–water partition coefficient (Wildman–Crippen LogP) is 6.34. The summed E-state index contributed by atoms with van der Waals surface area (Å²) in [7, 11) is -2.09. The zero-order chi connectivity index (χ0) is 29.6. The Bertz CT molecular complexity index is 1720. The van der Waals surface area contributed by atoms with Crippen LogP contribution in [0.2, 0.25) is 0 Å². The van der Waals surface area contributed by atoms with E-state index in [0.717, 1.165) is 18.4 Å². The number of nitrogens with one attached hydrogen (secondary N) is 1. The second-order valence-corrected chi connectivity index (χ2v) is 13.0. The molecule has 1 heterocycles. The first-order valence-corrected chi connectivity index (χ1v) is 16.0. The van der Waals surface area contributed by atoms with Crippen molar-refractivity contribution in [3.63, 3.8) is 0 Å². The fraction of sp³-hybridized carbons (Fsp3) is 0.344. The minimum Gasteiger partial charge on any atom is -0.457 e. The zero-order valence-electron chi connectivity index (χ0n) is 23.5. The number of aliphatic hydroxyl groups excluding tert-OH is 1. The highest BCUT2D eigenvalue weighted by Gasteiger charge is 2.37. The van der Waals surface area contributed by atoms with E-state index in [0.29, 0.717) is 70.7 Å². The van der Waals surface area contributed by atoms with Crippen LogP contribution in [-0.4, -0.2) is 44.9 Å². The number of furan rings is 1. The lowest BCUT2D eigenvalue weighted by Crippen LogP contribution is -2.43. The van der Waals surface area contributed by atoms with Crippen LogP contribution in [0.25, 0.3) is 22.3 Å². The molecule has 1 amide bonds. The van der Waals surface area contributed by atoms with Gasteiger partial charge in [0.2, 0.25) is 10.0 Å². The number of fused-ring (bicyclic) bond motifs is 1. The topological polar surface area (TPSA) is 109 Å². The van der Waals surface area contributed by atoms with Crippen LogP contribution in [0.15, 0.2) is 65.1 Å². The van der Waals surface area contributed by atoms with Gasteiger partial charge < -0.3 is 19.6 Å². The lowest BCUT2D eigenvalue weighted by molar-refractivity contribution is 0.0964. The van der Waals surface area contributed by atoms with Gasteiger partial charge in [-0.15, -0.1) is 0 Å². The molecule has 4 aromatic rings. The second kappa shape index (κ2) is 11.1. The number of hydrogen-bond acceptors (Lipinski definition) is 6. The summed E-state index contributed by atoms with van der Waals surface area (Å²) in [5.41, 5.74) is 2.91. The highest BCUT2D eigenvalue weighted by Crippen LogP contribution is 2.49. The minimum absolute atomic E-state index is 0.196. The van der Waals surface area contributed by atoms with Crippen molar-refractivity contribution >= 4 is 32.6 Å². The quantitative estimate of drug-likeness (QED) is 0.247. The number of nitrogens with zero attached hydrogens (tertiary/aromatic N) is 1. The maximum atomic E-state index is 13.3. The Balaban J connectivity index is 1.44. The third-order valence-electron chi connectivity index (χ3n) is 8.07. The molecule has 0 radical (unpaired) electrons. The summed E-state index contributed by atoms with van der Waals surface area (Å²) in [6.07, 6.45) is 4.91. The van der Waals surface area contributed by atoms with Gasteiger partial charge in [0, 0.05) is 30.1 Å². The molecule has 42 heavy (non-hydrogen) atoms. The number of hydrogen-bond donors (Lipinski definition) is 2. The van der Waals surface area contributed by atoms with Crippen LogP contribution in [0.1, 0.15) is 60.4 Å². The predicted molar refractivity (Wildman–Crippen MR) is 159 cm³/mol. The Morgan fingerprint density at radius 1 is 0.976 bits per heavy atom. The van der Waals surface area contributed by atoms with Crippen molar-refractivity contribution < 1.29 is 31.9 Å². The number of sulfonamides is 1. The molecular formula is C32H33FN2O6S. The van der Waals surface area contributed by atoms with Crippen LogP contribution >= 0.6 is 0 Å². The summed E-state index contributed by atoms with van der Waals surface area (Å²) in [4.78, 5) is 13.2. The zero-order valence-corrected chi connectivity index (χ0v) is 24.3. The number of carbonyl (C=O) groups is 1. The van der Waals surface area contributed by atoms with Crippen LogP contribution in [0.5, 0.6) is 11.5 Å². The summed E-state index contributed by atoms with van der Waals surface area (Å²) in [5.74, 6) is 0.912. The number of amides is 1. The lowest BCUT2D eigenvalue weighted by Gasteiger charge is -2.36. The summed E-state index contributed by atoms with van der Waals surface area (Å²) < 4.78 is 53.3. The molecule has 2 fully saturated rings. The van der Waals surface area contributed by atoms with E-state index in [4.69, 9.17) is 9.15 Å². The molecule has 2 N–H and O–H groups in total. The van der Waals surface area contributed by atoms with Crippen LogP contribution in [0, 0.1) is 5.82 Å². The first-order chi connectivity index (χ1) is 20.1. The smallest absolute Gasteiger partial charge is 0.255 e. The molecule has 0 atom stereocenters. The number of benzene rings is 3. The molecule has 220 valence electrons. The fourth-order valence-corrected chi connectivity index (χ4v) is 7.13. The summed E-state index contributed by atoms with van der Waals surface area (Å²) >= 11 is 0. The maximum Gasteiger partial charge on any atom is 0.255 e. The summed E-state index contributed by atoms with van der Waals surface area (Å²) in [5, 5.41) is 13.4. The van der Waals surface area contributed by atoms with Crippen molar-refractivity contribution in [3.8, 4) is 22.8 Å². The first kappa shape index (κ1) is 28.2. The molecular weight excluding hydrogens is 559 g/mol. The molecule has 6 rings (SSSR count). The van der Waals surface area contributed by atoms with Crippen molar-refractivity contribution in [2.24, 2.45) is 0 Å². The van der Waals surface area contributed by atoms with Gasteiger partial charge in [-0.25, -0.2) is 12.8 Å². The SMILES string of the molecule is CNC(=O)c1c(-c2ccc(Oc3ccc(F)cc3)cc2)oc2cc(N([C@H]3CC[C@H](O)CC3)S(C)(=O)=O)c(C3CC3)cc12. The van der Waals surface area contributed by atoms with Crippen molar-refractivity contribution in [3.05, 3.63) is 77.6 Å². The van der Waals surface area contributed by atoms with Crippen molar-refractivity contribution in [2.75, 3.05) is 17.6 Å². The van der Waals surface area contributed by atoms with Crippen LogP contribution in [0.4, 0.5) is 10.1 Å². The second-order valence-electron chi connectivity index (χ2n) is 11.2. The highest BCUT2D eigenvalue weighted by atomic mass is 32.2. The van der Waals surface area contributed by atoms with Crippen molar-refractivity contribution in [1.82, 2.24) is 5.32 Å². The van der Waals surface area contributed by atoms with Crippen molar-refractivity contribution in [1.29, 1.82) is 0 Å². The average molecular weight is 593 g/mol. The number of rotatable bonds is 8. The van der Waals surface area contributed by atoms with Gasteiger partial charge in [0.05, 0.1) is 23.6 Å². The molecule has 2 aliphatic carbocycles. The molecule has 2 aliphatic rings. The van der Waals surface area contributed by atoms with E-state index in [-0.39, 0.29) is 23.7 Å². The number of halogens is 1. The normalized spacial score (nSPS) is 19.0. The Kier molecular flexibility index (Phi) is 7.44. The molecule has 0 bridgehead atoms. The van der Waals surface area contributed by atoms with Gasteiger partial charge in [0.1, 0.15) is 28.7 Å². The Hall–Kier alpha value is -3.89. The Morgan fingerprint density at radius 3 is 2.17 bits per heavy atom. The molecule has 0 unspecified atom stereocenters. The van der Waals surface area contributed by atoms with Crippen LogP contribution in [-0.2, 0) is 10.0 Å². The van der Waals surface area contributed by atoms with Gasteiger partial charge in [0.25, 0.3) is 5.91 Å². The molecule has 0 spiro atoms. The van der Waals surface area contributed by atoms with Gasteiger partial charge in [-0.2, -0.15) is 0 Å². The third kappa shape index (κ3) is 5.61. The Morgan fingerprint density at radius 2 is 1.60 bits per heavy atom. The Labute approximate surface area is 244 Å². The summed E-state index contributed by atoms with van der Waals surface area (Å²) in [6.45, 7) is 0. The number of anilines is 1. The third-order valence-corrected chi connectivity index (χ3v) is 9.28. The van der Waals surface area contributed by atoms with E-state index in [2.05, 4.69) is 5.32 Å². The van der Waals surface area contributed by atoms with Gasteiger partial charge in [-0.1, -0.05) is 0 Å². The van der Waals surface area contributed by atoms with E-state index in [1.54, 1.807) is 37.4 Å². The van der Waals surface area contributed by atoms with E-state index in [1.165, 1.54) is 34.8 Å². The fourth-order valence-electron chi connectivity index (χ4n) is 5.87. The number of aliphatic hydroxyl groups is 1. The molecule has 0 saturated heterocycles. The first-order valence-electron chi connectivity index (χ1n) is 14.2. The van der Waals surface area contributed by atoms with Crippen LogP contribution < -0.4 is 14.4 Å². The van der Waals surface area contributed by atoms with Gasteiger partial charge in [-0.05, 0) is 105 Å². The largest absolute Gasteiger partial charge is 0.457 e. The van der Waals surface area contributed by atoms with Crippen molar-refractivity contribution in [2.45, 2.75) is 56.6 Å². The highest BCUT2D eigenvalue weighted by molar-refractivity contribution is 7.92. The molecule has 3 aromatic carbocycles. The molecule has 8 nitrogen and oxygen atoms in total. The van der Waals surface area contributed by atoms with Crippen LogP contribution in [0.3, 0.4) is 0 Å². The molecule has 10 heteroatoms. The standard InChI is InChI=1S/C32H33FN2O6S/c1-34-32(37)30-27-17-26(19-3-4-19)28(35(42(2,38)39)22-9-11-23(36)12-10-22)18-29(27)41-31(30)20-5-13-24(14-6-20)40-25-15-7-21(33)8-16-25/h5-8,13-19,22-23,36H,3-4,9-12H2,1-2H3,(H,34,37)/t22-,23-. The number of carbonyl (C=O) groups excluding carboxylic acids is 1. The molecule has 2 saturated carbocycles. The van der Waals surface area contributed by atoms with Gasteiger partial charge in [-0.3, -0.25) is 9.10 Å². The van der Waals surface area contributed by atoms with E-state index in [1.807, 2.05) is 6.07 Å².